The Morgan fingerprint density at radius 1 is 0.366 bits per heavy atom. The largest absolute Gasteiger partial charge is 0.478 e. The molecule has 6 N–H and O–H groups in total. The predicted octanol–water partition coefficient (Wildman–Crippen LogP) is 16.3. The van der Waals surface area contributed by atoms with E-state index in [2.05, 4.69) is 35.1 Å². The number of hydrogen-bond donors (Lipinski definition) is 5. The van der Waals surface area contributed by atoms with Crippen LogP contribution in [-0.4, -0.2) is 80.3 Å². The van der Waals surface area contributed by atoms with Gasteiger partial charge >= 0.3 is 23.9 Å². The summed E-state index contributed by atoms with van der Waals surface area (Å²) >= 11 is 5.16. The number of pyridine rings is 3. The Morgan fingerprint density at radius 3 is 0.854 bits per heavy atom. The lowest BCUT2D eigenvalue weighted by Gasteiger charge is -2.05. The van der Waals surface area contributed by atoms with Crippen molar-refractivity contribution in [2.75, 3.05) is 30.6 Å². The normalized spacial score (nSPS) is 8.18. The van der Waals surface area contributed by atoms with E-state index in [0.717, 1.165) is 0 Å². The molecule has 4 aromatic carbocycles. The molecule has 3 heterocycles. The van der Waals surface area contributed by atoms with Crippen LogP contribution in [0.4, 0.5) is 17.5 Å². The van der Waals surface area contributed by atoms with Gasteiger partial charge in [-0.3, -0.25) is 14.4 Å². The number of nitrogens with two attached hydrogens (primary N) is 1. The van der Waals surface area contributed by atoms with E-state index in [1.165, 1.54) is 44.9 Å². The molecule has 82 heavy (non-hydrogen) atoms. The Hall–Kier alpha value is -9.09. The summed E-state index contributed by atoms with van der Waals surface area (Å²) in [6.45, 7) is 32.0. The number of halogens is 1. The monoisotopic (exact) mass is 1150 g/mol. The fourth-order valence-corrected chi connectivity index (χ4v) is 4.78. The van der Waals surface area contributed by atoms with Crippen molar-refractivity contribution in [2.45, 2.75) is 111 Å². The highest BCUT2D eigenvalue weighted by molar-refractivity contribution is 6.67. The Balaban J connectivity index is -0.000000212. The smallest absolute Gasteiger partial charge is 0.339 e. The summed E-state index contributed by atoms with van der Waals surface area (Å²) in [5.74, 6) is -2.26. The van der Waals surface area contributed by atoms with Crippen molar-refractivity contribution in [1.82, 2.24) is 15.0 Å². The zero-order valence-electron chi connectivity index (χ0n) is 51.1. The van der Waals surface area contributed by atoms with Crippen molar-refractivity contribution in [3.05, 3.63) is 215 Å². The Labute approximate surface area is 492 Å². The third-order valence-electron chi connectivity index (χ3n) is 7.98. The van der Waals surface area contributed by atoms with Gasteiger partial charge in [-0.2, -0.15) is 0 Å². The van der Waals surface area contributed by atoms with Gasteiger partial charge < -0.3 is 36.1 Å². The standard InChI is InChI=1S/C14H12N2O3.C13H10N2O3.C7H5ClO.C7H8N2O2.C7H6O2.8C2H6/c1-19-14(18)11-7-8-12(15-9-11)16-13(17)10-5-3-2-4-6-10;16-12(9-4-2-1-3-5-9)15-11-7-6-10(8-14-11)13(17)18;8-7(9)6-4-2-1-3-5-6;1-11-7(10)5-2-3-6(8)9-4-5;8-7(9)6-4-2-1-3-5-6;8*1-2/h2-9H,1H3,(H,15,16,17);1-8H,(H,17,18)(H,14,15,16);1-5H;2-4H,1H3,(H2,8,9);1-5H,(H,8,9);8*1-2H3. The number of nitrogens with one attached hydrogen (secondary N) is 2. The second kappa shape index (κ2) is 59.6. The van der Waals surface area contributed by atoms with Crippen LogP contribution in [0.15, 0.2) is 176 Å². The molecule has 0 unspecified atom stereocenters. The molecule has 0 bridgehead atoms. The lowest BCUT2D eigenvalue weighted by atomic mass is 10.2. The number of anilines is 3. The van der Waals surface area contributed by atoms with Crippen LogP contribution < -0.4 is 16.4 Å². The van der Waals surface area contributed by atoms with Crippen molar-refractivity contribution < 1.29 is 53.2 Å². The maximum Gasteiger partial charge on any atom is 0.339 e. The van der Waals surface area contributed by atoms with Gasteiger partial charge in [0.25, 0.3) is 17.1 Å². The number of carboxylic acids is 2. The number of methoxy groups -OCH3 is 2. The van der Waals surface area contributed by atoms with E-state index in [1.54, 1.807) is 127 Å². The number of aromatic nitrogens is 3. The number of rotatable bonds is 9. The van der Waals surface area contributed by atoms with E-state index in [1.807, 2.05) is 129 Å². The van der Waals surface area contributed by atoms with E-state index >= 15 is 0 Å². The number of benzene rings is 4. The Kier molecular flexibility index (Phi) is 61.2. The summed E-state index contributed by atoms with van der Waals surface area (Å²) in [6, 6.07) is 43.6. The first-order valence-electron chi connectivity index (χ1n) is 27.0. The summed E-state index contributed by atoms with van der Waals surface area (Å²) < 4.78 is 9.02. The molecular formula is C64H89ClN6O11. The van der Waals surface area contributed by atoms with Crippen molar-refractivity contribution >= 4 is 70.0 Å². The van der Waals surface area contributed by atoms with E-state index in [0.29, 0.717) is 50.8 Å². The van der Waals surface area contributed by atoms with Crippen molar-refractivity contribution in [2.24, 2.45) is 0 Å². The summed E-state index contributed by atoms with van der Waals surface area (Å²) in [7, 11) is 2.62. The van der Waals surface area contributed by atoms with Gasteiger partial charge in [-0.05, 0) is 84.4 Å². The molecule has 0 aliphatic carbocycles. The average molecular weight is 1150 g/mol. The van der Waals surface area contributed by atoms with Crippen LogP contribution >= 0.6 is 11.6 Å². The summed E-state index contributed by atoms with van der Waals surface area (Å²) in [4.78, 5) is 88.5. The fourth-order valence-electron chi connectivity index (χ4n) is 4.65. The molecular weight excluding hydrogens is 1060 g/mol. The second-order valence-electron chi connectivity index (χ2n) is 12.6. The van der Waals surface area contributed by atoms with Crippen LogP contribution in [0.25, 0.3) is 0 Å². The number of carboxylic acid groups (broad SMARTS) is 2. The number of ether oxygens (including phenoxy) is 2. The van der Waals surface area contributed by atoms with Crippen LogP contribution in [0.1, 0.15) is 183 Å². The van der Waals surface area contributed by atoms with Gasteiger partial charge in [-0.25, -0.2) is 34.1 Å². The maximum absolute atomic E-state index is 11.8. The lowest BCUT2D eigenvalue weighted by molar-refractivity contribution is 0.0591. The van der Waals surface area contributed by atoms with Crippen LogP contribution in [0.3, 0.4) is 0 Å². The first-order valence-corrected chi connectivity index (χ1v) is 27.4. The highest BCUT2D eigenvalue weighted by Gasteiger charge is 2.10. The van der Waals surface area contributed by atoms with Gasteiger partial charge in [0, 0.05) is 35.3 Å². The zero-order chi connectivity index (χ0) is 64.3. The number of carbonyl (C=O) groups is 7. The number of aromatic carboxylic acids is 2. The zero-order valence-corrected chi connectivity index (χ0v) is 51.9. The SMILES string of the molecule is CC.CC.CC.CC.CC.CC.CC.CC.COC(=O)c1ccc(N)nc1.COC(=O)c1ccc(NC(=O)c2ccccc2)nc1.O=C(Cl)c1ccccc1.O=C(O)c1ccc(NC(=O)c2ccccc2)nc1.O=C(O)c1ccccc1. The van der Waals surface area contributed by atoms with Crippen LogP contribution in [0, 0.1) is 0 Å². The third kappa shape index (κ3) is 40.1. The molecule has 0 aliphatic rings. The van der Waals surface area contributed by atoms with E-state index in [9.17, 15) is 33.6 Å². The molecule has 0 spiro atoms. The number of amides is 2. The molecule has 7 rings (SSSR count). The molecule has 0 atom stereocenters. The van der Waals surface area contributed by atoms with Crippen molar-refractivity contribution in [1.29, 1.82) is 0 Å². The summed E-state index contributed by atoms with van der Waals surface area (Å²) in [5.41, 5.74) is 8.05. The summed E-state index contributed by atoms with van der Waals surface area (Å²) in [6.07, 6.45) is 3.93. The number of esters is 2. The van der Waals surface area contributed by atoms with Gasteiger partial charge in [0.05, 0.1) is 36.5 Å². The van der Waals surface area contributed by atoms with Gasteiger partial charge in [0.2, 0.25) is 0 Å². The average Bonchev–Trinajstić information content (AvgIpc) is 3.56. The molecule has 448 valence electrons. The minimum Gasteiger partial charge on any atom is -0.478 e. The molecule has 2 amide bonds. The van der Waals surface area contributed by atoms with Gasteiger partial charge in [0.15, 0.2) is 0 Å². The number of carbonyl (C=O) groups excluding carboxylic acids is 5. The Bertz CT molecular complexity index is 2600. The molecule has 0 radical (unpaired) electrons. The molecule has 0 aliphatic heterocycles. The number of nitrogens with zero attached hydrogens (tertiary/aromatic N) is 3. The fraction of sp³-hybridized carbons (Fsp3) is 0.281. The van der Waals surface area contributed by atoms with Crippen molar-refractivity contribution in [3.8, 4) is 0 Å². The molecule has 0 saturated carbocycles. The quantitative estimate of drug-likeness (QED) is 0.0664. The topological polar surface area (TPSA) is 267 Å². The third-order valence-corrected chi connectivity index (χ3v) is 8.20. The van der Waals surface area contributed by atoms with Crippen LogP contribution in [-0.2, 0) is 9.47 Å². The maximum atomic E-state index is 11.8. The highest BCUT2D eigenvalue weighted by Crippen LogP contribution is 2.10. The van der Waals surface area contributed by atoms with Gasteiger partial charge in [-0.1, -0.05) is 196 Å². The lowest BCUT2D eigenvalue weighted by Crippen LogP contribution is -2.13. The minimum atomic E-state index is -1.05. The van der Waals surface area contributed by atoms with Gasteiger partial charge in [0.1, 0.15) is 17.5 Å². The number of nitrogen functional groups attached to an aromatic ring is 1. The van der Waals surface area contributed by atoms with E-state index in [4.69, 9.17) is 27.5 Å². The minimum absolute atomic E-state index is 0.0766. The molecule has 0 fully saturated rings. The number of hydrogen-bond acceptors (Lipinski definition) is 13. The van der Waals surface area contributed by atoms with E-state index < -0.39 is 29.1 Å². The second-order valence-corrected chi connectivity index (χ2v) is 12.9. The molecule has 17 nitrogen and oxygen atoms in total. The van der Waals surface area contributed by atoms with Crippen LogP contribution in [0.5, 0.6) is 0 Å². The molecule has 3 aromatic heterocycles. The molecule has 18 heteroatoms. The van der Waals surface area contributed by atoms with Crippen molar-refractivity contribution in [3.63, 3.8) is 0 Å². The predicted molar refractivity (Wildman–Crippen MR) is 336 cm³/mol. The molecule has 0 saturated heterocycles. The van der Waals surface area contributed by atoms with E-state index in [-0.39, 0.29) is 17.4 Å². The Morgan fingerprint density at radius 2 is 0.634 bits per heavy atom. The first kappa shape index (κ1) is 84.2. The highest BCUT2D eigenvalue weighted by atomic mass is 35.5. The molecule has 7 aromatic rings. The van der Waals surface area contributed by atoms with Crippen LogP contribution in [0.2, 0.25) is 0 Å². The first-order chi connectivity index (χ1) is 39.7. The van der Waals surface area contributed by atoms with Gasteiger partial charge in [-0.15, -0.1) is 0 Å². The summed E-state index contributed by atoms with van der Waals surface area (Å²) in [5, 5.41) is 21.9.